The second-order valence-corrected chi connectivity index (χ2v) is 6.43. The van der Waals surface area contributed by atoms with Crippen molar-refractivity contribution in [3.63, 3.8) is 0 Å². The van der Waals surface area contributed by atoms with Crippen LogP contribution in [0.4, 0.5) is 0 Å². The van der Waals surface area contributed by atoms with Gasteiger partial charge in [-0.25, -0.2) is 0 Å². The topological polar surface area (TPSA) is 81.4 Å². The largest absolute Gasteiger partial charge is 0.468 e. The van der Waals surface area contributed by atoms with Crippen LogP contribution in [0.5, 0.6) is 0 Å². The number of aryl methyl sites for hydroxylation is 1. The molecule has 1 amide bonds. The Morgan fingerprint density at radius 3 is 2.21 bits per heavy atom. The van der Waals surface area contributed by atoms with Crippen LogP contribution in [0.2, 0.25) is 0 Å². The Morgan fingerprint density at radius 2 is 1.66 bits per heavy atom. The number of benzene rings is 2. The number of ether oxygens (including phenoxy) is 1. The molecule has 150 valence electrons. The van der Waals surface area contributed by atoms with Crippen molar-refractivity contribution >= 4 is 17.4 Å². The van der Waals surface area contributed by atoms with E-state index in [9.17, 15) is 9.59 Å². The molecule has 0 saturated carbocycles. The van der Waals surface area contributed by atoms with Crippen molar-refractivity contribution in [2.24, 2.45) is 5.73 Å². The molecule has 29 heavy (non-hydrogen) atoms. The highest BCUT2D eigenvalue weighted by molar-refractivity contribution is 6.06. The standard InChI is InChI=1S/C17H18N2O3.C7H8/c1-22-16(20)11-19-17(21)14-9-5-8-13(18)10-15(14)12-6-3-2-4-7-12;1-7-5-3-2-4-6-7/h2-7,9-10H,8,11,18H2,1H3,(H,19,21);2-6H,1H3. The fourth-order valence-corrected chi connectivity index (χ4v) is 2.63. The molecular formula is C24H26N2O3. The third-order valence-electron chi connectivity index (χ3n) is 4.15. The molecule has 0 heterocycles. The predicted octanol–water partition coefficient (Wildman–Crippen LogP) is 3.53. The van der Waals surface area contributed by atoms with Crippen molar-refractivity contribution < 1.29 is 14.3 Å². The third-order valence-corrected chi connectivity index (χ3v) is 4.15. The summed E-state index contributed by atoms with van der Waals surface area (Å²) in [7, 11) is 1.28. The van der Waals surface area contributed by atoms with Crippen molar-refractivity contribution in [1.82, 2.24) is 5.32 Å². The normalized spacial score (nSPS) is 12.8. The number of nitrogens with two attached hydrogens (primary N) is 1. The molecule has 3 N–H and O–H groups in total. The lowest BCUT2D eigenvalue weighted by molar-refractivity contribution is -0.140. The lowest BCUT2D eigenvalue weighted by Crippen LogP contribution is -2.31. The average Bonchev–Trinajstić information content (AvgIpc) is 2.95. The molecule has 5 nitrogen and oxygen atoms in total. The van der Waals surface area contributed by atoms with Gasteiger partial charge in [-0.15, -0.1) is 0 Å². The zero-order valence-electron chi connectivity index (χ0n) is 16.7. The fraction of sp³-hybridized carbons (Fsp3) is 0.167. The highest BCUT2D eigenvalue weighted by Gasteiger charge is 2.16. The lowest BCUT2D eigenvalue weighted by Gasteiger charge is -2.10. The molecule has 0 unspecified atom stereocenters. The summed E-state index contributed by atoms with van der Waals surface area (Å²) in [5.41, 5.74) is 10.0. The fourth-order valence-electron chi connectivity index (χ4n) is 2.63. The van der Waals surface area contributed by atoms with E-state index in [0.717, 1.165) is 11.1 Å². The average molecular weight is 390 g/mol. The highest BCUT2D eigenvalue weighted by Crippen LogP contribution is 2.25. The van der Waals surface area contributed by atoms with Gasteiger partial charge in [-0.3, -0.25) is 9.59 Å². The van der Waals surface area contributed by atoms with Gasteiger partial charge in [0.05, 0.1) is 7.11 Å². The Labute approximate surface area is 171 Å². The molecule has 3 rings (SSSR count). The number of nitrogens with one attached hydrogen (secondary N) is 1. The van der Waals surface area contributed by atoms with Crippen LogP contribution in [-0.2, 0) is 14.3 Å². The highest BCUT2D eigenvalue weighted by atomic mass is 16.5. The first-order valence-electron chi connectivity index (χ1n) is 9.30. The summed E-state index contributed by atoms with van der Waals surface area (Å²) < 4.78 is 4.52. The van der Waals surface area contributed by atoms with Crippen LogP contribution in [0, 0.1) is 6.92 Å². The minimum absolute atomic E-state index is 0.173. The summed E-state index contributed by atoms with van der Waals surface area (Å²) in [6.07, 6.45) is 5.92. The summed E-state index contributed by atoms with van der Waals surface area (Å²) in [4.78, 5) is 23.5. The Morgan fingerprint density at radius 1 is 1.03 bits per heavy atom. The molecule has 0 aliphatic heterocycles. The van der Waals surface area contributed by atoms with Crippen molar-refractivity contribution in [3.8, 4) is 0 Å². The first kappa shape index (κ1) is 21.7. The molecule has 0 fully saturated rings. The zero-order valence-corrected chi connectivity index (χ0v) is 16.7. The molecule has 0 aromatic heterocycles. The van der Waals surface area contributed by atoms with Crippen LogP contribution < -0.4 is 11.1 Å². The Balaban J connectivity index is 0.000000360. The summed E-state index contributed by atoms with van der Waals surface area (Å²) in [6.45, 7) is 1.91. The second-order valence-electron chi connectivity index (χ2n) is 6.43. The van der Waals surface area contributed by atoms with Gasteiger partial charge in [0.1, 0.15) is 6.54 Å². The van der Waals surface area contributed by atoms with Crippen LogP contribution in [0.1, 0.15) is 17.5 Å². The number of allylic oxidation sites excluding steroid dienone is 3. The molecule has 5 heteroatoms. The van der Waals surface area contributed by atoms with Crippen LogP contribution >= 0.6 is 0 Å². The van der Waals surface area contributed by atoms with Gasteiger partial charge in [0.2, 0.25) is 0 Å². The van der Waals surface area contributed by atoms with Crippen molar-refractivity contribution in [2.75, 3.05) is 13.7 Å². The second kappa shape index (κ2) is 11.3. The number of amides is 1. The van der Waals surface area contributed by atoms with Gasteiger partial charge in [-0.1, -0.05) is 78.4 Å². The molecule has 0 spiro atoms. The number of carbonyl (C=O) groups excluding carboxylic acids is 2. The first-order valence-corrected chi connectivity index (χ1v) is 9.30. The Bertz CT molecular complexity index is 914. The Hall–Kier alpha value is -3.60. The van der Waals surface area contributed by atoms with Crippen LogP contribution in [-0.4, -0.2) is 25.5 Å². The number of rotatable bonds is 4. The predicted molar refractivity (Wildman–Crippen MR) is 116 cm³/mol. The monoisotopic (exact) mass is 390 g/mol. The number of carbonyl (C=O) groups is 2. The van der Waals surface area contributed by atoms with Gasteiger partial charge in [0, 0.05) is 17.7 Å². The van der Waals surface area contributed by atoms with E-state index >= 15 is 0 Å². The maximum Gasteiger partial charge on any atom is 0.325 e. The summed E-state index contributed by atoms with van der Waals surface area (Å²) in [6, 6.07) is 19.8. The van der Waals surface area contributed by atoms with Crippen LogP contribution in [0.3, 0.4) is 0 Å². The molecule has 0 saturated heterocycles. The van der Waals surface area contributed by atoms with Gasteiger partial charge >= 0.3 is 5.97 Å². The molecule has 0 atom stereocenters. The maximum atomic E-state index is 12.4. The molecule has 1 aliphatic rings. The SMILES string of the molecule is COC(=O)CNC(=O)C1=C(c2ccccc2)C=C(N)CC=C1.Cc1ccccc1. The van der Waals surface area contributed by atoms with Crippen LogP contribution in [0.15, 0.2) is 90.2 Å². The zero-order chi connectivity index (χ0) is 21.1. The molecule has 0 radical (unpaired) electrons. The van der Waals surface area contributed by atoms with Crippen molar-refractivity contribution in [2.45, 2.75) is 13.3 Å². The third kappa shape index (κ3) is 7.14. The van der Waals surface area contributed by atoms with Gasteiger partial charge in [-0.05, 0) is 24.1 Å². The quantitative estimate of drug-likeness (QED) is 0.783. The van der Waals surface area contributed by atoms with E-state index < -0.39 is 5.97 Å². The van der Waals surface area contributed by atoms with E-state index in [1.54, 1.807) is 12.2 Å². The minimum atomic E-state index is -0.497. The number of methoxy groups -OCH3 is 1. The van der Waals surface area contributed by atoms with Gasteiger partial charge < -0.3 is 15.8 Å². The molecule has 2 aromatic carbocycles. The van der Waals surface area contributed by atoms with E-state index in [0.29, 0.717) is 17.7 Å². The number of esters is 1. The Kier molecular flexibility index (Phi) is 8.45. The number of hydrogen-bond donors (Lipinski definition) is 2. The summed E-state index contributed by atoms with van der Waals surface area (Å²) >= 11 is 0. The molecule has 0 bridgehead atoms. The summed E-state index contributed by atoms with van der Waals surface area (Å²) in [5, 5.41) is 2.55. The van der Waals surface area contributed by atoms with E-state index in [4.69, 9.17) is 5.73 Å². The van der Waals surface area contributed by atoms with E-state index in [2.05, 4.69) is 29.1 Å². The van der Waals surface area contributed by atoms with E-state index in [1.165, 1.54) is 12.7 Å². The lowest BCUT2D eigenvalue weighted by atomic mass is 9.99. The molecular weight excluding hydrogens is 364 g/mol. The van der Waals surface area contributed by atoms with Crippen molar-refractivity contribution in [1.29, 1.82) is 0 Å². The van der Waals surface area contributed by atoms with E-state index in [1.807, 2.05) is 54.6 Å². The smallest absolute Gasteiger partial charge is 0.325 e. The summed E-state index contributed by atoms with van der Waals surface area (Å²) in [5.74, 6) is -0.839. The first-order chi connectivity index (χ1) is 14.0. The minimum Gasteiger partial charge on any atom is -0.468 e. The number of hydrogen-bond acceptors (Lipinski definition) is 4. The molecule has 2 aromatic rings. The maximum absolute atomic E-state index is 12.4. The van der Waals surface area contributed by atoms with Gasteiger partial charge in [0.15, 0.2) is 0 Å². The molecule has 1 aliphatic carbocycles. The van der Waals surface area contributed by atoms with Crippen molar-refractivity contribution in [3.05, 3.63) is 101 Å². The van der Waals surface area contributed by atoms with Crippen LogP contribution in [0.25, 0.3) is 5.57 Å². The van der Waals surface area contributed by atoms with Gasteiger partial charge in [0.25, 0.3) is 5.91 Å². The van der Waals surface area contributed by atoms with Gasteiger partial charge in [-0.2, -0.15) is 0 Å². The van der Waals surface area contributed by atoms with E-state index in [-0.39, 0.29) is 12.5 Å².